The van der Waals surface area contributed by atoms with Crippen LogP contribution in [0.25, 0.3) is 5.78 Å². The van der Waals surface area contributed by atoms with Crippen molar-refractivity contribution in [2.75, 3.05) is 0 Å². The molecule has 0 saturated heterocycles. The number of nitrogens with zero attached hydrogens (tertiary/aromatic N) is 4. The molecule has 6 nitrogen and oxygen atoms in total. The topological polar surface area (TPSA) is 80.4 Å². The van der Waals surface area contributed by atoms with Crippen LogP contribution < -0.4 is 0 Å². The molecular weight excluding hydrogens is 220 g/mol. The van der Waals surface area contributed by atoms with Gasteiger partial charge < -0.3 is 5.11 Å². The lowest BCUT2D eigenvalue weighted by Crippen LogP contribution is -2.13. The van der Waals surface area contributed by atoms with E-state index in [4.69, 9.17) is 0 Å². The highest BCUT2D eigenvalue weighted by atomic mass is 16.4. The van der Waals surface area contributed by atoms with Crippen molar-refractivity contribution in [2.45, 2.75) is 31.6 Å². The predicted molar refractivity (Wildman–Crippen MR) is 59.0 cm³/mol. The van der Waals surface area contributed by atoms with E-state index in [2.05, 4.69) is 15.1 Å². The molecule has 0 unspecified atom stereocenters. The highest BCUT2D eigenvalue weighted by molar-refractivity contribution is 5.88. The summed E-state index contributed by atoms with van der Waals surface area (Å²) in [6.45, 7) is 0. The molecule has 0 bridgehead atoms. The second-order valence-electron chi connectivity index (χ2n) is 4.32. The van der Waals surface area contributed by atoms with Crippen LogP contribution in [-0.4, -0.2) is 30.7 Å². The average molecular weight is 232 g/mol. The Bertz CT molecular complexity index is 572. The molecule has 0 atom stereocenters. The molecule has 1 fully saturated rings. The van der Waals surface area contributed by atoms with E-state index in [1.54, 1.807) is 6.20 Å². The lowest BCUT2D eigenvalue weighted by molar-refractivity contribution is 0.0685. The van der Waals surface area contributed by atoms with Crippen molar-refractivity contribution < 1.29 is 9.90 Å². The largest absolute Gasteiger partial charge is 0.476 e. The summed E-state index contributed by atoms with van der Waals surface area (Å²) in [5, 5.41) is 13.3. The van der Waals surface area contributed by atoms with Gasteiger partial charge in [-0.1, -0.05) is 12.8 Å². The maximum Gasteiger partial charge on any atom is 0.355 e. The van der Waals surface area contributed by atoms with Gasteiger partial charge in [0, 0.05) is 11.8 Å². The fraction of sp³-hybridized carbons (Fsp3) is 0.455. The number of carboxylic acids is 1. The van der Waals surface area contributed by atoms with E-state index in [1.165, 1.54) is 10.8 Å². The van der Waals surface area contributed by atoms with Gasteiger partial charge in [-0.25, -0.2) is 9.78 Å². The summed E-state index contributed by atoms with van der Waals surface area (Å²) in [6.07, 6.45) is 7.33. The van der Waals surface area contributed by atoms with Crippen LogP contribution in [0.15, 0.2) is 12.5 Å². The van der Waals surface area contributed by atoms with Gasteiger partial charge in [-0.2, -0.15) is 14.6 Å². The SMILES string of the molecule is O=C(O)c1c(C2CCCC2)cnc2ncnn12. The Labute approximate surface area is 97.3 Å². The zero-order valence-corrected chi connectivity index (χ0v) is 9.20. The minimum Gasteiger partial charge on any atom is -0.476 e. The van der Waals surface area contributed by atoms with Crippen LogP contribution in [0, 0.1) is 0 Å². The first-order chi connectivity index (χ1) is 8.27. The van der Waals surface area contributed by atoms with Crippen molar-refractivity contribution >= 4 is 11.7 Å². The molecule has 3 rings (SSSR count). The third kappa shape index (κ3) is 1.56. The van der Waals surface area contributed by atoms with Crippen molar-refractivity contribution in [3.63, 3.8) is 0 Å². The molecule has 2 heterocycles. The molecule has 0 radical (unpaired) electrons. The van der Waals surface area contributed by atoms with Crippen LogP contribution in [0.1, 0.15) is 47.7 Å². The van der Waals surface area contributed by atoms with Gasteiger partial charge in [0.2, 0.25) is 0 Å². The maximum absolute atomic E-state index is 11.4. The van der Waals surface area contributed by atoms with Crippen LogP contribution in [0.3, 0.4) is 0 Å². The molecule has 2 aromatic heterocycles. The molecular formula is C11H12N4O2. The monoisotopic (exact) mass is 232 g/mol. The number of aromatic nitrogens is 4. The van der Waals surface area contributed by atoms with Crippen LogP contribution >= 0.6 is 0 Å². The smallest absolute Gasteiger partial charge is 0.355 e. The minimum atomic E-state index is -0.968. The third-order valence-corrected chi connectivity index (χ3v) is 3.33. The molecule has 1 aliphatic rings. The molecule has 6 heteroatoms. The molecule has 88 valence electrons. The maximum atomic E-state index is 11.4. The molecule has 2 aromatic rings. The normalized spacial score (nSPS) is 16.7. The molecule has 0 aromatic carbocycles. The number of carboxylic acid groups (broad SMARTS) is 1. The lowest BCUT2D eigenvalue weighted by atomic mass is 9.97. The van der Waals surface area contributed by atoms with E-state index < -0.39 is 5.97 Å². The van der Waals surface area contributed by atoms with Gasteiger partial charge >= 0.3 is 5.97 Å². The van der Waals surface area contributed by atoms with Crippen LogP contribution in [0.2, 0.25) is 0 Å². The van der Waals surface area contributed by atoms with E-state index in [0.29, 0.717) is 11.7 Å². The van der Waals surface area contributed by atoms with E-state index in [0.717, 1.165) is 31.2 Å². The number of fused-ring (bicyclic) bond motifs is 1. The van der Waals surface area contributed by atoms with Gasteiger partial charge in [-0.05, 0) is 18.8 Å². The van der Waals surface area contributed by atoms with Crippen LogP contribution in [-0.2, 0) is 0 Å². The highest BCUT2D eigenvalue weighted by Gasteiger charge is 2.25. The van der Waals surface area contributed by atoms with Gasteiger partial charge in [0.15, 0.2) is 5.69 Å². The van der Waals surface area contributed by atoms with Crippen molar-refractivity contribution in [3.8, 4) is 0 Å². The van der Waals surface area contributed by atoms with Gasteiger partial charge in [-0.15, -0.1) is 0 Å². The van der Waals surface area contributed by atoms with Gasteiger partial charge in [0.1, 0.15) is 6.33 Å². The van der Waals surface area contributed by atoms with E-state index in [-0.39, 0.29) is 5.69 Å². The molecule has 0 amide bonds. The standard InChI is InChI=1S/C11H12N4O2/c16-10(17)9-8(7-3-1-2-4-7)5-12-11-13-6-14-15(9)11/h5-7H,1-4H2,(H,16,17). The zero-order valence-electron chi connectivity index (χ0n) is 9.20. The summed E-state index contributed by atoms with van der Waals surface area (Å²) < 4.78 is 1.32. The quantitative estimate of drug-likeness (QED) is 0.848. The van der Waals surface area contributed by atoms with E-state index in [9.17, 15) is 9.90 Å². The van der Waals surface area contributed by atoms with Gasteiger partial charge in [-0.3, -0.25) is 0 Å². The van der Waals surface area contributed by atoms with Crippen LogP contribution in [0.4, 0.5) is 0 Å². The number of carbonyl (C=O) groups is 1. The average Bonchev–Trinajstić information content (AvgIpc) is 2.98. The summed E-state index contributed by atoms with van der Waals surface area (Å²) in [4.78, 5) is 19.4. The summed E-state index contributed by atoms with van der Waals surface area (Å²) in [5.41, 5.74) is 0.993. The number of aromatic carboxylic acids is 1. The lowest BCUT2D eigenvalue weighted by Gasteiger charge is -2.12. The molecule has 0 spiro atoms. The number of hydrogen-bond donors (Lipinski definition) is 1. The summed E-state index contributed by atoms with van der Waals surface area (Å²) in [7, 11) is 0. The zero-order chi connectivity index (χ0) is 11.8. The van der Waals surface area contributed by atoms with Crippen molar-refractivity contribution in [1.82, 2.24) is 19.6 Å². The highest BCUT2D eigenvalue weighted by Crippen LogP contribution is 2.35. The predicted octanol–water partition coefficient (Wildman–Crippen LogP) is 1.48. The minimum absolute atomic E-state index is 0.208. The summed E-state index contributed by atoms with van der Waals surface area (Å²) in [5.74, 6) is -0.337. The first-order valence-corrected chi connectivity index (χ1v) is 5.69. The molecule has 1 N–H and O–H groups in total. The Morgan fingerprint density at radius 1 is 1.35 bits per heavy atom. The van der Waals surface area contributed by atoms with Crippen molar-refractivity contribution in [1.29, 1.82) is 0 Å². The summed E-state index contributed by atoms with van der Waals surface area (Å²) in [6, 6.07) is 0. The fourth-order valence-corrected chi connectivity index (χ4v) is 2.54. The summed E-state index contributed by atoms with van der Waals surface area (Å²) >= 11 is 0. The first kappa shape index (κ1) is 10.2. The van der Waals surface area contributed by atoms with E-state index >= 15 is 0 Å². The Morgan fingerprint density at radius 2 is 2.12 bits per heavy atom. The van der Waals surface area contributed by atoms with E-state index in [1.807, 2.05) is 0 Å². The van der Waals surface area contributed by atoms with Gasteiger partial charge in [0.25, 0.3) is 5.78 Å². The second-order valence-corrected chi connectivity index (χ2v) is 4.32. The van der Waals surface area contributed by atoms with Gasteiger partial charge in [0.05, 0.1) is 0 Å². The Balaban J connectivity index is 2.22. The van der Waals surface area contributed by atoms with Crippen LogP contribution in [0.5, 0.6) is 0 Å². The molecule has 1 aliphatic carbocycles. The fourth-order valence-electron chi connectivity index (χ4n) is 2.54. The molecule has 1 saturated carbocycles. The van der Waals surface area contributed by atoms with Crippen molar-refractivity contribution in [3.05, 3.63) is 23.8 Å². The molecule has 0 aliphatic heterocycles. The Hall–Kier alpha value is -1.98. The second kappa shape index (κ2) is 3.80. The number of hydrogen-bond acceptors (Lipinski definition) is 4. The third-order valence-electron chi connectivity index (χ3n) is 3.33. The Morgan fingerprint density at radius 3 is 2.82 bits per heavy atom. The first-order valence-electron chi connectivity index (χ1n) is 5.69. The number of rotatable bonds is 2. The van der Waals surface area contributed by atoms with Crippen molar-refractivity contribution in [2.24, 2.45) is 0 Å². The molecule has 17 heavy (non-hydrogen) atoms. The Kier molecular flexibility index (Phi) is 2.28.